The Labute approximate surface area is 181 Å². The van der Waals surface area contributed by atoms with Gasteiger partial charge in [0.25, 0.3) is 5.91 Å². The quantitative estimate of drug-likeness (QED) is 0.668. The number of thiophene rings is 1. The number of hydrogen-bond donors (Lipinski definition) is 1. The normalized spacial score (nSPS) is 15.5. The van der Waals surface area contributed by atoms with Crippen molar-refractivity contribution >= 4 is 33.3 Å². The fraction of sp³-hybridized carbons (Fsp3) is 0.381. The minimum Gasteiger partial charge on any atom is -0.493 e. The molecule has 1 fully saturated rings. The molecule has 0 saturated carbocycles. The summed E-state index contributed by atoms with van der Waals surface area (Å²) >= 11 is 1.19. The highest BCUT2D eigenvalue weighted by Crippen LogP contribution is 2.28. The van der Waals surface area contributed by atoms with Gasteiger partial charge in [0, 0.05) is 19.1 Å². The van der Waals surface area contributed by atoms with Crippen LogP contribution in [0.5, 0.6) is 11.5 Å². The van der Waals surface area contributed by atoms with Crippen molar-refractivity contribution in [3.05, 3.63) is 47.4 Å². The van der Waals surface area contributed by atoms with Crippen molar-refractivity contribution in [1.29, 1.82) is 0 Å². The van der Waals surface area contributed by atoms with Crippen molar-refractivity contribution in [3.63, 3.8) is 0 Å². The number of methoxy groups -OCH3 is 1. The average molecular weight is 451 g/mol. The van der Waals surface area contributed by atoms with E-state index in [-0.39, 0.29) is 18.6 Å². The number of likely N-dealkylation sites (tertiary alicyclic amines) is 1. The molecule has 0 bridgehead atoms. The molecule has 0 radical (unpaired) electrons. The van der Waals surface area contributed by atoms with Crippen molar-refractivity contribution in [1.82, 2.24) is 9.62 Å². The van der Waals surface area contributed by atoms with E-state index >= 15 is 0 Å². The fourth-order valence-electron chi connectivity index (χ4n) is 3.27. The van der Waals surface area contributed by atoms with E-state index in [4.69, 9.17) is 9.47 Å². The second-order valence-electron chi connectivity index (χ2n) is 6.91. The van der Waals surface area contributed by atoms with Crippen molar-refractivity contribution in [3.8, 4) is 11.5 Å². The summed E-state index contributed by atoms with van der Waals surface area (Å²) in [5, 5.41) is 1.73. The highest BCUT2D eigenvalue weighted by Gasteiger charge is 2.27. The number of ether oxygens (including phenoxy) is 2. The van der Waals surface area contributed by atoms with E-state index in [1.807, 2.05) is 31.2 Å². The first kappa shape index (κ1) is 22.3. The van der Waals surface area contributed by atoms with Crippen LogP contribution in [0.2, 0.25) is 0 Å². The third-order valence-electron chi connectivity index (χ3n) is 4.83. The summed E-state index contributed by atoms with van der Waals surface area (Å²) in [6.45, 7) is 2.81. The highest BCUT2D eigenvalue weighted by molar-refractivity contribution is 7.91. The van der Waals surface area contributed by atoms with Gasteiger partial charge in [-0.2, -0.15) is 0 Å². The molecule has 30 heavy (non-hydrogen) atoms. The summed E-state index contributed by atoms with van der Waals surface area (Å²) < 4.78 is 38.8. The van der Waals surface area contributed by atoms with Crippen LogP contribution in [0.1, 0.15) is 25.3 Å². The smallest absolute Gasteiger partial charge is 0.260 e. The van der Waals surface area contributed by atoms with Crippen LogP contribution in [-0.2, 0) is 14.8 Å². The Morgan fingerprint density at radius 1 is 1.27 bits per heavy atom. The monoisotopic (exact) mass is 450 g/mol. The largest absolute Gasteiger partial charge is 0.493 e. The van der Waals surface area contributed by atoms with Gasteiger partial charge in [-0.15, -0.1) is 11.3 Å². The molecule has 0 spiro atoms. The van der Waals surface area contributed by atoms with E-state index in [2.05, 4.69) is 4.72 Å². The van der Waals surface area contributed by atoms with E-state index in [0.717, 1.165) is 5.56 Å². The number of carbonyl (C=O) groups excluding carboxylic acids is 1. The lowest BCUT2D eigenvalue weighted by molar-refractivity contribution is -0.134. The first-order chi connectivity index (χ1) is 14.4. The number of piperidine rings is 1. The first-order valence-electron chi connectivity index (χ1n) is 9.70. The maximum absolute atomic E-state index is 12.5. The number of nitrogens with one attached hydrogen (secondary N) is 1. The molecule has 1 aromatic carbocycles. The molecule has 7 nitrogen and oxygen atoms in total. The summed E-state index contributed by atoms with van der Waals surface area (Å²) in [5.74, 6) is 0.951. The van der Waals surface area contributed by atoms with Gasteiger partial charge >= 0.3 is 0 Å². The van der Waals surface area contributed by atoms with Gasteiger partial charge in [-0.3, -0.25) is 4.79 Å². The minimum atomic E-state index is -3.49. The summed E-state index contributed by atoms with van der Waals surface area (Å²) in [7, 11) is -1.93. The maximum Gasteiger partial charge on any atom is 0.260 e. The summed E-state index contributed by atoms with van der Waals surface area (Å²) in [5.41, 5.74) is 0.986. The van der Waals surface area contributed by atoms with E-state index in [0.29, 0.717) is 41.6 Å². The topological polar surface area (TPSA) is 84.9 Å². The SMILES string of the molecule is C/C=C/c1ccc(OCC(=O)N2CCC(NS(=O)(=O)c3cccs3)CC2)c(OC)c1. The maximum atomic E-state index is 12.5. The number of allylic oxidation sites excluding steroid dienone is 1. The molecular weight excluding hydrogens is 424 g/mol. The molecule has 0 aliphatic carbocycles. The van der Waals surface area contributed by atoms with Gasteiger partial charge in [0.2, 0.25) is 10.0 Å². The Balaban J connectivity index is 1.50. The van der Waals surface area contributed by atoms with Crippen LogP contribution >= 0.6 is 11.3 Å². The molecule has 1 aromatic heterocycles. The number of rotatable bonds is 8. The molecular formula is C21H26N2O5S2. The number of benzene rings is 1. The molecule has 1 aliphatic rings. The molecule has 3 rings (SSSR count). The third-order valence-corrected chi connectivity index (χ3v) is 7.75. The van der Waals surface area contributed by atoms with E-state index in [1.54, 1.807) is 35.6 Å². The lowest BCUT2D eigenvalue weighted by atomic mass is 10.1. The molecule has 0 unspecified atom stereocenters. The summed E-state index contributed by atoms with van der Waals surface area (Å²) in [4.78, 5) is 14.2. The zero-order chi connectivity index (χ0) is 21.6. The second-order valence-corrected chi connectivity index (χ2v) is 9.80. The van der Waals surface area contributed by atoms with Crippen LogP contribution in [0.15, 0.2) is 46.0 Å². The molecule has 1 aliphatic heterocycles. The predicted octanol–water partition coefficient (Wildman–Crippen LogP) is 3.14. The molecule has 9 heteroatoms. The molecule has 1 saturated heterocycles. The second kappa shape index (κ2) is 10.1. The van der Waals surface area contributed by atoms with Crippen LogP contribution in [0.4, 0.5) is 0 Å². The van der Waals surface area contributed by atoms with Crippen LogP contribution in [0, 0.1) is 0 Å². The molecule has 2 heterocycles. The van der Waals surface area contributed by atoms with Crippen molar-refractivity contribution < 1.29 is 22.7 Å². The Morgan fingerprint density at radius 2 is 2.03 bits per heavy atom. The summed E-state index contributed by atoms with van der Waals surface area (Å²) in [6.07, 6.45) is 5.02. The lowest BCUT2D eigenvalue weighted by Gasteiger charge is -2.32. The average Bonchev–Trinajstić information content (AvgIpc) is 3.29. The van der Waals surface area contributed by atoms with Crippen LogP contribution in [0.3, 0.4) is 0 Å². The number of nitrogens with zero attached hydrogens (tertiary/aromatic N) is 1. The van der Waals surface area contributed by atoms with Gasteiger partial charge in [-0.1, -0.05) is 24.3 Å². The van der Waals surface area contributed by atoms with Crippen LogP contribution in [0.25, 0.3) is 6.08 Å². The molecule has 1 amide bonds. The Bertz CT molecular complexity index is 979. The zero-order valence-corrected chi connectivity index (χ0v) is 18.7. The van der Waals surface area contributed by atoms with Crippen molar-refractivity contribution in [2.24, 2.45) is 0 Å². The van der Waals surface area contributed by atoms with E-state index < -0.39 is 10.0 Å². The fourth-order valence-corrected chi connectivity index (χ4v) is 5.59. The molecule has 2 aromatic rings. The number of hydrogen-bond acceptors (Lipinski definition) is 6. The predicted molar refractivity (Wildman–Crippen MR) is 117 cm³/mol. The van der Waals surface area contributed by atoms with Crippen LogP contribution in [-0.4, -0.2) is 52.1 Å². The Hall–Kier alpha value is -2.36. The van der Waals surface area contributed by atoms with Gasteiger partial charge < -0.3 is 14.4 Å². The van der Waals surface area contributed by atoms with Crippen molar-refractivity contribution in [2.45, 2.75) is 30.0 Å². The van der Waals surface area contributed by atoms with Gasteiger partial charge in [0.05, 0.1) is 7.11 Å². The number of sulfonamides is 1. The minimum absolute atomic E-state index is 0.0923. The summed E-state index contributed by atoms with van der Waals surface area (Å²) in [6, 6.07) is 8.65. The van der Waals surface area contributed by atoms with Gasteiger partial charge in [-0.05, 0) is 48.9 Å². The lowest BCUT2D eigenvalue weighted by Crippen LogP contribution is -2.47. The zero-order valence-electron chi connectivity index (χ0n) is 17.0. The standard InChI is InChI=1S/C21H26N2O5S2/c1-3-5-16-7-8-18(19(14-16)27-2)28-15-20(24)23-11-9-17(10-12-23)22-30(25,26)21-6-4-13-29-21/h3-8,13-14,17,22H,9-12,15H2,1-2H3/b5-3+. The molecule has 162 valence electrons. The number of carbonyl (C=O) groups is 1. The molecule has 0 atom stereocenters. The Morgan fingerprint density at radius 3 is 2.67 bits per heavy atom. The van der Waals surface area contributed by atoms with Gasteiger partial charge in [0.15, 0.2) is 18.1 Å². The van der Waals surface area contributed by atoms with Crippen molar-refractivity contribution in [2.75, 3.05) is 26.8 Å². The first-order valence-corrected chi connectivity index (χ1v) is 12.1. The van der Waals surface area contributed by atoms with E-state index in [9.17, 15) is 13.2 Å². The highest BCUT2D eigenvalue weighted by atomic mass is 32.2. The van der Waals surface area contributed by atoms with Crippen LogP contribution < -0.4 is 14.2 Å². The Kier molecular flexibility index (Phi) is 7.52. The van der Waals surface area contributed by atoms with Gasteiger partial charge in [0.1, 0.15) is 4.21 Å². The number of amides is 1. The van der Waals surface area contributed by atoms with Gasteiger partial charge in [-0.25, -0.2) is 13.1 Å². The van der Waals surface area contributed by atoms with E-state index in [1.165, 1.54) is 11.3 Å². The third kappa shape index (κ3) is 5.62. The molecule has 1 N–H and O–H groups in total.